The molecule has 6 heteroatoms. The molecule has 0 aromatic heterocycles. The molecule has 0 aliphatic carbocycles. The summed E-state index contributed by atoms with van der Waals surface area (Å²) in [5, 5.41) is 12.5. The van der Waals surface area contributed by atoms with E-state index >= 15 is 0 Å². The van der Waals surface area contributed by atoms with Gasteiger partial charge in [-0.2, -0.15) is 0 Å². The van der Waals surface area contributed by atoms with Crippen LogP contribution in [0, 0.1) is 0 Å². The summed E-state index contributed by atoms with van der Waals surface area (Å²) >= 11 is 0. The molecule has 2 aliphatic rings. The second-order valence-corrected chi connectivity index (χ2v) is 7.09. The molecule has 1 saturated heterocycles. The summed E-state index contributed by atoms with van der Waals surface area (Å²) < 4.78 is 0. The average Bonchev–Trinajstić information content (AvgIpc) is 3.16. The number of rotatable bonds is 6. The minimum Gasteiger partial charge on any atom is -0.508 e. The van der Waals surface area contributed by atoms with Crippen molar-refractivity contribution in [3.05, 3.63) is 41.5 Å². The van der Waals surface area contributed by atoms with E-state index in [0.29, 0.717) is 18.6 Å². The van der Waals surface area contributed by atoms with Crippen molar-refractivity contribution in [2.75, 3.05) is 26.2 Å². The van der Waals surface area contributed by atoms with Gasteiger partial charge in [0.25, 0.3) is 0 Å². The molecule has 2 heterocycles. The summed E-state index contributed by atoms with van der Waals surface area (Å²) in [4.78, 5) is 21.4. The third-order valence-electron chi connectivity index (χ3n) is 5.23. The second-order valence-electron chi connectivity index (χ2n) is 7.09. The highest BCUT2D eigenvalue weighted by Crippen LogP contribution is 2.26. The zero-order valence-corrected chi connectivity index (χ0v) is 15.8. The first kappa shape index (κ1) is 18.3. The SMILES string of the molecule is CC=C(C)C(=O)NCCN1C2=NCC(C)N2CC1Cc1ccc(O)cc1. The Balaban J connectivity index is 1.66. The summed E-state index contributed by atoms with van der Waals surface area (Å²) in [6.07, 6.45) is 2.72. The summed E-state index contributed by atoms with van der Waals surface area (Å²) in [6, 6.07) is 8.16. The molecule has 0 radical (unpaired) electrons. The van der Waals surface area contributed by atoms with Gasteiger partial charge in [0.05, 0.1) is 12.6 Å². The maximum atomic E-state index is 12.0. The van der Waals surface area contributed by atoms with Crippen LogP contribution in [0.4, 0.5) is 0 Å². The van der Waals surface area contributed by atoms with Crippen LogP contribution in [0.1, 0.15) is 26.3 Å². The Morgan fingerprint density at radius 1 is 1.38 bits per heavy atom. The van der Waals surface area contributed by atoms with Gasteiger partial charge in [0.2, 0.25) is 5.91 Å². The van der Waals surface area contributed by atoms with Crippen molar-refractivity contribution >= 4 is 11.9 Å². The van der Waals surface area contributed by atoms with Gasteiger partial charge in [-0.1, -0.05) is 18.2 Å². The molecule has 1 aromatic carbocycles. The van der Waals surface area contributed by atoms with Crippen molar-refractivity contribution in [1.82, 2.24) is 15.1 Å². The van der Waals surface area contributed by atoms with Crippen LogP contribution in [0.2, 0.25) is 0 Å². The second kappa shape index (κ2) is 7.81. The van der Waals surface area contributed by atoms with Gasteiger partial charge in [-0.15, -0.1) is 0 Å². The molecule has 0 saturated carbocycles. The highest BCUT2D eigenvalue weighted by molar-refractivity contribution is 5.92. The van der Waals surface area contributed by atoms with Crippen molar-refractivity contribution in [2.24, 2.45) is 4.99 Å². The van der Waals surface area contributed by atoms with Crippen LogP contribution >= 0.6 is 0 Å². The number of guanidine groups is 1. The fourth-order valence-electron chi connectivity index (χ4n) is 3.53. The van der Waals surface area contributed by atoms with Gasteiger partial charge < -0.3 is 20.2 Å². The Labute approximate surface area is 155 Å². The molecule has 1 fully saturated rings. The lowest BCUT2D eigenvalue weighted by Gasteiger charge is -2.25. The Bertz CT molecular complexity index is 711. The smallest absolute Gasteiger partial charge is 0.246 e. The summed E-state index contributed by atoms with van der Waals surface area (Å²) in [5.74, 6) is 1.33. The highest BCUT2D eigenvalue weighted by atomic mass is 16.3. The van der Waals surface area contributed by atoms with Crippen LogP contribution < -0.4 is 5.32 Å². The number of nitrogens with one attached hydrogen (secondary N) is 1. The number of hydrogen-bond donors (Lipinski definition) is 2. The Morgan fingerprint density at radius 3 is 2.81 bits per heavy atom. The van der Waals surface area contributed by atoms with Gasteiger partial charge in [-0.05, 0) is 44.9 Å². The van der Waals surface area contributed by atoms with Crippen LogP contribution in [-0.4, -0.2) is 65.0 Å². The van der Waals surface area contributed by atoms with Gasteiger partial charge >= 0.3 is 0 Å². The molecular formula is C20H28N4O2. The molecule has 6 nitrogen and oxygen atoms in total. The number of benzene rings is 1. The first-order valence-corrected chi connectivity index (χ1v) is 9.26. The quantitative estimate of drug-likeness (QED) is 0.762. The number of aromatic hydroxyl groups is 1. The van der Waals surface area contributed by atoms with Crippen LogP contribution in [-0.2, 0) is 11.2 Å². The Kier molecular flexibility index (Phi) is 5.49. The molecule has 1 aromatic rings. The van der Waals surface area contributed by atoms with E-state index in [4.69, 9.17) is 4.99 Å². The van der Waals surface area contributed by atoms with Crippen molar-refractivity contribution in [2.45, 2.75) is 39.3 Å². The van der Waals surface area contributed by atoms with E-state index in [1.807, 2.05) is 32.1 Å². The van der Waals surface area contributed by atoms with E-state index < -0.39 is 0 Å². The predicted octanol–water partition coefficient (Wildman–Crippen LogP) is 1.76. The molecule has 2 atom stereocenters. The lowest BCUT2D eigenvalue weighted by Crippen LogP contribution is -2.42. The fourth-order valence-corrected chi connectivity index (χ4v) is 3.53. The number of amides is 1. The van der Waals surface area contributed by atoms with Crippen LogP contribution in [0.3, 0.4) is 0 Å². The van der Waals surface area contributed by atoms with Crippen molar-refractivity contribution in [1.29, 1.82) is 0 Å². The summed E-state index contributed by atoms with van der Waals surface area (Å²) in [7, 11) is 0. The topological polar surface area (TPSA) is 68.2 Å². The first-order valence-electron chi connectivity index (χ1n) is 9.26. The van der Waals surface area contributed by atoms with Crippen LogP contribution in [0.5, 0.6) is 5.75 Å². The summed E-state index contributed by atoms with van der Waals surface area (Å²) in [6.45, 7) is 9.02. The van der Waals surface area contributed by atoms with Gasteiger partial charge in [0.15, 0.2) is 5.96 Å². The lowest BCUT2D eigenvalue weighted by atomic mass is 10.0. The zero-order valence-electron chi connectivity index (χ0n) is 15.8. The zero-order chi connectivity index (χ0) is 18.7. The number of nitrogens with zero attached hydrogens (tertiary/aromatic N) is 3. The van der Waals surface area contributed by atoms with E-state index in [1.165, 1.54) is 5.56 Å². The largest absolute Gasteiger partial charge is 0.508 e. The van der Waals surface area contributed by atoms with Crippen molar-refractivity contribution in [3.63, 3.8) is 0 Å². The molecule has 2 unspecified atom stereocenters. The number of carbonyl (C=O) groups excluding carboxylic acids is 1. The molecule has 2 aliphatic heterocycles. The van der Waals surface area contributed by atoms with E-state index in [9.17, 15) is 9.90 Å². The molecule has 3 rings (SSSR count). The van der Waals surface area contributed by atoms with Crippen molar-refractivity contribution in [3.8, 4) is 5.75 Å². The summed E-state index contributed by atoms with van der Waals surface area (Å²) in [5.41, 5.74) is 1.93. The van der Waals surface area contributed by atoms with Crippen LogP contribution in [0.15, 0.2) is 40.9 Å². The standard InChI is InChI=1S/C20H28N4O2/c1-4-14(2)19(26)21-9-10-23-17(11-16-5-7-18(25)8-6-16)13-24-15(3)12-22-20(23)24/h4-8,15,17,25H,9-13H2,1-3H3,(H,21,26). The number of phenolic OH excluding ortho intramolecular Hbond substituents is 1. The third kappa shape index (κ3) is 3.84. The molecule has 2 N–H and O–H groups in total. The normalized spacial score (nSPS) is 22.4. The lowest BCUT2D eigenvalue weighted by molar-refractivity contribution is -0.117. The Morgan fingerprint density at radius 2 is 2.12 bits per heavy atom. The molecule has 0 bridgehead atoms. The van der Waals surface area contributed by atoms with Crippen LogP contribution in [0.25, 0.3) is 0 Å². The Hall–Kier alpha value is -2.50. The average molecular weight is 356 g/mol. The van der Waals surface area contributed by atoms with E-state index in [-0.39, 0.29) is 11.7 Å². The van der Waals surface area contributed by atoms with Gasteiger partial charge in [0.1, 0.15) is 5.75 Å². The number of fused-ring (bicyclic) bond motifs is 1. The number of hydrogen-bond acceptors (Lipinski definition) is 5. The van der Waals surface area contributed by atoms with Gasteiger partial charge in [0, 0.05) is 31.2 Å². The van der Waals surface area contributed by atoms with E-state index in [2.05, 4.69) is 22.0 Å². The van der Waals surface area contributed by atoms with E-state index in [1.54, 1.807) is 12.1 Å². The predicted molar refractivity (Wildman–Crippen MR) is 103 cm³/mol. The molecule has 0 spiro atoms. The molecule has 1 amide bonds. The molecular weight excluding hydrogens is 328 g/mol. The van der Waals surface area contributed by atoms with E-state index in [0.717, 1.165) is 37.6 Å². The minimum atomic E-state index is -0.0135. The number of allylic oxidation sites excluding steroid dienone is 1. The number of carbonyl (C=O) groups is 1. The highest BCUT2D eigenvalue weighted by Gasteiger charge is 2.40. The monoisotopic (exact) mass is 356 g/mol. The molecule has 26 heavy (non-hydrogen) atoms. The number of aliphatic imine (C=N–C) groups is 1. The maximum Gasteiger partial charge on any atom is 0.246 e. The first-order chi connectivity index (χ1) is 12.5. The third-order valence-corrected chi connectivity index (χ3v) is 5.23. The minimum absolute atomic E-state index is 0.0135. The van der Waals surface area contributed by atoms with Crippen molar-refractivity contribution < 1.29 is 9.90 Å². The van der Waals surface area contributed by atoms with Gasteiger partial charge in [-0.3, -0.25) is 9.79 Å². The van der Waals surface area contributed by atoms with Gasteiger partial charge in [-0.25, -0.2) is 0 Å². The fraction of sp³-hybridized carbons (Fsp3) is 0.500. The molecule has 140 valence electrons. The number of phenols is 1. The maximum absolute atomic E-state index is 12.0.